The molecule has 0 unspecified atom stereocenters. The van der Waals surface area contributed by atoms with Crippen LogP contribution in [-0.2, 0) is 4.79 Å². The van der Waals surface area contributed by atoms with Crippen molar-refractivity contribution in [2.75, 3.05) is 11.9 Å². The largest absolute Gasteiger partial charge is 0.295 e. The summed E-state index contributed by atoms with van der Waals surface area (Å²) >= 11 is 0. The van der Waals surface area contributed by atoms with Crippen LogP contribution in [0, 0.1) is 0 Å². The van der Waals surface area contributed by atoms with E-state index in [4.69, 9.17) is 0 Å². The highest BCUT2D eigenvalue weighted by molar-refractivity contribution is 6.21. The van der Waals surface area contributed by atoms with Gasteiger partial charge in [-0.3, -0.25) is 24.6 Å². The van der Waals surface area contributed by atoms with Gasteiger partial charge in [0.15, 0.2) is 0 Å². The molecule has 0 radical (unpaired) electrons. The number of amides is 3. The lowest BCUT2D eigenvalue weighted by atomic mass is 10.1. The van der Waals surface area contributed by atoms with E-state index in [0.29, 0.717) is 17.5 Å². The van der Waals surface area contributed by atoms with Gasteiger partial charge < -0.3 is 0 Å². The minimum absolute atomic E-state index is 0.175. The number of aromatic nitrogens is 3. The Kier molecular flexibility index (Phi) is 3.65. The summed E-state index contributed by atoms with van der Waals surface area (Å²) < 4.78 is 0. The molecule has 112 valence electrons. The first-order valence-corrected chi connectivity index (χ1v) is 6.77. The number of anilines is 1. The number of hydrogen-bond donors (Lipinski definition) is 2. The highest BCUT2D eigenvalue weighted by Crippen LogP contribution is 2.22. The monoisotopic (exact) mass is 299 g/mol. The van der Waals surface area contributed by atoms with Crippen LogP contribution in [0.1, 0.15) is 33.6 Å². The van der Waals surface area contributed by atoms with Gasteiger partial charge in [-0.1, -0.05) is 12.1 Å². The number of rotatable bonds is 5. The van der Waals surface area contributed by atoms with Gasteiger partial charge in [-0.25, -0.2) is 5.10 Å². The zero-order valence-corrected chi connectivity index (χ0v) is 11.6. The van der Waals surface area contributed by atoms with E-state index in [1.54, 1.807) is 24.3 Å². The Labute approximate surface area is 125 Å². The van der Waals surface area contributed by atoms with Gasteiger partial charge in [-0.15, -0.1) is 0 Å². The predicted octanol–water partition coefficient (Wildman–Crippen LogP) is 0.820. The zero-order chi connectivity index (χ0) is 15.5. The number of carbonyl (C=O) groups excluding carboxylic acids is 3. The van der Waals surface area contributed by atoms with Gasteiger partial charge >= 0.3 is 0 Å². The fourth-order valence-electron chi connectivity index (χ4n) is 2.30. The minimum Gasteiger partial charge on any atom is -0.295 e. The first kappa shape index (κ1) is 13.9. The third kappa shape index (κ3) is 2.58. The molecule has 1 aliphatic heterocycles. The van der Waals surface area contributed by atoms with E-state index >= 15 is 0 Å². The maximum atomic E-state index is 12.1. The summed E-state index contributed by atoms with van der Waals surface area (Å²) in [4.78, 5) is 40.9. The fraction of sp³-hybridized carbons (Fsp3) is 0.214. The Morgan fingerprint density at radius 1 is 1.18 bits per heavy atom. The molecule has 2 heterocycles. The quantitative estimate of drug-likeness (QED) is 0.795. The second kappa shape index (κ2) is 5.76. The minimum atomic E-state index is -0.309. The van der Waals surface area contributed by atoms with Crippen molar-refractivity contribution in [1.29, 1.82) is 0 Å². The smallest absolute Gasteiger partial charge is 0.261 e. The van der Waals surface area contributed by atoms with E-state index in [1.807, 2.05) is 0 Å². The van der Waals surface area contributed by atoms with Gasteiger partial charge in [0.05, 0.1) is 11.1 Å². The molecule has 8 nitrogen and oxygen atoms in total. The van der Waals surface area contributed by atoms with Gasteiger partial charge in [-0.2, -0.15) is 10.1 Å². The highest BCUT2D eigenvalue weighted by atomic mass is 16.2. The van der Waals surface area contributed by atoms with Gasteiger partial charge in [-0.05, 0) is 18.6 Å². The average molecular weight is 299 g/mol. The number of imide groups is 1. The second-order valence-corrected chi connectivity index (χ2v) is 4.79. The van der Waals surface area contributed by atoms with Crippen molar-refractivity contribution >= 4 is 23.7 Å². The molecule has 0 saturated carbocycles. The van der Waals surface area contributed by atoms with Gasteiger partial charge in [0.1, 0.15) is 6.33 Å². The summed E-state index contributed by atoms with van der Waals surface area (Å²) in [5.74, 6) is -0.605. The maximum Gasteiger partial charge on any atom is 0.261 e. The number of hydrogen-bond acceptors (Lipinski definition) is 5. The van der Waals surface area contributed by atoms with Crippen LogP contribution in [-0.4, -0.2) is 44.3 Å². The van der Waals surface area contributed by atoms with Crippen LogP contribution < -0.4 is 5.32 Å². The number of nitrogens with one attached hydrogen (secondary N) is 2. The summed E-state index contributed by atoms with van der Waals surface area (Å²) in [5.41, 5.74) is 0.831. The van der Waals surface area contributed by atoms with E-state index in [0.717, 1.165) is 0 Å². The SMILES string of the molecule is O=C(CCCN1C(=O)c2ccccc2C1=O)Nc1ncn[nH]1. The van der Waals surface area contributed by atoms with E-state index in [2.05, 4.69) is 20.5 Å². The molecule has 1 aromatic carbocycles. The molecule has 0 atom stereocenters. The summed E-state index contributed by atoms with van der Waals surface area (Å²) in [6.45, 7) is 0.205. The Morgan fingerprint density at radius 3 is 2.45 bits per heavy atom. The third-order valence-corrected chi connectivity index (χ3v) is 3.34. The predicted molar refractivity (Wildman–Crippen MR) is 76.1 cm³/mol. The number of H-pyrrole nitrogens is 1. The number of aromatic amines is 1. The lowest BCUT2D eigenvalue weighted by Gasteiger charge is -2.13. The highest BCUT2D eigenvalue weighted by Gasteiger charge is 2.34. The van der Waals surface area contributed by atoms with Crippen molar-refractivity contribution in [3.05, 3.63) is 41.7 Å². The van der Waals surface area contributed by atoms with E-state index in [-0.39, 0.29) is 36.6 Å². The number of nitrogens with zero attached hydrogens (tertiary/aromatic N) is 3. The molecular formula is C14H13N5O3. The van der Waals surface area contributed by atoms with Crippen molar-refractivity contribution in [3.63, 3.8) is 0 Å². The number of benzene rings is 1. The van der Waals surface area contributed by atoms with Crippen molar-refractivity contribution in [2.24, 2.45) is 0 Å². The van der Waals surface area contributed by atoms with E-state index in [1.165, 1.54) is 11.2 Å². The topological polar surface area (TPSA) is 108 Å². The second-order valence-electron chi connectivity index (χ2n) is 4.79. The van der Waals surface area contributed by atoms with Crippen molar-refractivity contribution in [3.8, 4) is 0 Å². The normalized spacial score (nSPS) is 13.4. The van der Waals surface area contributed by atoms with Crippen LogP contribution in [0.15, 0.2) is 30.6 Å². The summed E-state index contributed by atoms with van der Waals surface area (Å²) in [6.07, 6.45) is 1.84. The summed E-state index contributed by atoms with van der Waals surface area (Å²) in [5, 5.41) is 8.66. The molecule has 2 aromatic rings. The van der Waals surface area contributed by atoms with E-state index < -0.39 is 0 Å². The Balaban J connectivity index is 1.54. The molecule has 0 aliphatic carbocycles. The standard InChI is InChI=1S/C14H13N5O3/c20-11(17-14-15-8-16-18-14)6-3-7-19-12(21)9-4-1-2-5-10(9)13(19)22/h1-2,4-5,8H,3,6-7H2,(H2,15,16,17,18,20). The van der Waals surface area contributed by atoms with Gasteiger partial charge in [0.25, 0.3) is 11.8 Å². The first-order chi connectivity index (χ1) is 10.7. The molecule has 0 spiro atoms. The van der Waals surface area contributed by atoms with Crippen LogP contribution in [0.4, 0.5) is 5.95 Å². The van der Waals surface area contributed by atoms with Crippen LogP contribution in [0.2, 0.25) is 0 Å². The maximum absolute atomic E-state index is 12.1. The van der Waals surface area contributed by atoms with Crippen LogP contribution >= 0.6 is 0 Å². The van der Waals surface area contributed by atoms with E-state index in [9.17, 15) is 14.4 Å². The molecule has 3 amide bonds. The molecule has 8 heteroatoms. The molecule has 3 rings (SSSR count). The molecular weight excluding hydrogens is 286 g/mol. The molecule has 2 N–H and O–H groups in total. The summed E-state index contributed by atoms with van der Waals surface area (Å²) in [6, 6.07) is 6.70. The van der Waals surface area contributed by atoms with Crippen molar-refractivity contribution in [1.82, 2.24) is 20.1 Å². The molecule has 1 aliphatic rings. The Hall–Kier alpha value is -3.03. The lowest BCUT2D eigenvalue weighted by molar-refractivity contribution is -0.116. The van der Waals surface area contributed by atoms with Crippen molar-refractivity contribution in [2.45, 2.75) is 12.8 Å². The Morgan fingerprint density at radius 2 is 1.86 bits per heavy atom. The Bertz CT molecular complexity index is 691. The van der Waals surface area contributed by atoms with Crippen molar-refractivity contribution < 1.29 is 14.4 Å². The molecule has 0 bridgehead atoms. The van der Waals surface area contributed by atoms with Gasteiger partial charge in [0.2, 0.25) is 11.9 Å². The number of fused-ring (bicyclic) bond motifs is 1. The van der Waals surface area contributed by atoms with Crippen LogP contribution in [0.3, 0.4) is 0 Å². The lowest BCUT2D eigenvalue weighted by Crippen LogP contribution is -2.31. The average Bonchev–Trinajstić information content (AvgIpc) is 3.10. The molecule has 1 aromatic heterocycles. The molecule has 0 fully saturated rings. The molecule has 0 saturated heterocycles. The third-order valence-electron chi connectivity index (χ3n) is 3.34. The van der Waals surface area contributed by atoms with Crippen LogP contribution in [0.5, 0.6) is 0 Å². The fourth-order valence-corrected chi connectivity index (χ4v) is 2.30. The molecule has 22 heavy (non-hydrogen) atoms. The van der Waals surface area contributed by atoms with Gasteiger partial charge in [0, 0.05) is 13.0 Å². The number of carbonyl (C=O) groups is 3. The summed E-state index contributed by atoms with van der Waals surface area (Å²) in [7, 11) is 0. The first-order valence-electron chi connectivity index (χ1n) is 6.77. The van der Waals surface area contributed by atoms with Crippen LogP contribution in [0.25, 0.3) is 0 Å². The zero-order valence-electron chi connectivity index (χ0n) is 11.6.